The maximum Gasteiger partial charge on any atom is 0.233 e. The Morgan fingerprint density at radius 2 is 2.18 bits per heavy atom. The number of anilines is 1. The zero-order valence-electron chi connectivity index (χ0n) is 9.39. The average Bonchev–Trinajstić information content (AvgIpc) is 2.27. The Morgan fingerprint density at radius 1 is 1.41 bits per heavy atom. The van der Waals surface area contributed by atoms with E-state index >= 15 is 0 Å². The highest BCUT2D eigenvalue weighted by Crippen LogP contribution is 2.31. The van der Waals surface area contributed by atoms with Gasteiger partial charge in [-0.25, -0.2) is 4.98 Å². The van der Waals surface area contributed by atoms with Gasteiger partial charge in [-0.05, 0) is 12.1 Å². The molecule has 0 spiro atoms. The summed E-state index contributed by atoms with van der Waals surface area (Å²) in [5.74, 6) is 0.0213. The fourth-order valence-electron chi connectivity index (χ4n) is 1.52. The largest absolute Gasteiger partial charge is 0.496 e. The highest BCUT2D eigenvalue weighted by molar-refractivity contribution is 5.92. The number of hydrogen-bond acceptors (Lipinski definition) is 5. The minimum atomic E-state index is -0.299. The lowest BCUT2D eigenvalue weighted by Gasteiger charge is -2.07. The van der Waals surface area contributed by atoms with Crippen LogP contribution in [-0.2, 0) is 4.79 Å². The molecule has 0 unspecified atom stereocenters. The molecule has 6 nitrogen and oxygen atoms in total. The third-order valence-electron chi connectivity index (χ3n) is 2.17. The van der Waals surface area contributed by atoms with Crippen LogP contribution >= 0.6 is 0 Å². The van der Waals surface area contributed by atoms with Gasteiger partial charge in [0.15, 0.2) is 0 Å². The molecule has 0 saturated heterocycles. The quantitative estimate of drug-likeness (QED) is 0.816. The molecular weight excluding hydrogens is 222 g/mol. The van der Waals surface area contributed by atoms with Crippen LogP contribution in [-0.4, -0.2) is 28.1 Å². The van der Waals surface area contributed by atoms with Crippen LogP contribution in [0, 0.1) is 0 Å². The van der Waals surface area contributed by atoms with E-state index in [9.17, 15) is 9.90 Å². The summed E-state index contributed by atoms with van der Waals surface area (Å²) >= 11 is 0. The number of methoxy groups -OCH3 is 1. The monoisotopic (exact) mass is 233 g/mol. The number of fused-ring (bicyclic) bond motifs is 1. The van der Waals surface area contributed by atoms with Crippen molar-refractivity contribution in [3.05, 3.63) is 18.2 Å². The van der Waals surface area contributed by atoms with Crippen molar-refractivity contribution in [1.82, 2.24) is 9.97 Å². The smallest absolute Gasteiger partial charge is 0.233 e. The first-order chi connectivity index (χ1) is 8.11. The third kappa shape index (κ3) is 2.10. The predicted molar refractivity (Wildman–Crippen MR) is 62.1 cm³/mol. The van der Waals surface area contributed by atoms with Crippen molar-refractivity contribution in [2.45, 2.75) is 6.92 Å². The molecule has 88 valence electrons. The number of nitrogens with one attached hydrogen (secondary N) is 1. The molecule has 0 aliphatic heterocycles. The molecule has 2 rings (SSSR count). The van der Waals surface area contributed by atoms with Crippen LogP contribution in [0.1, 0.15) is 6.92 Å². The first-order valence-electron chi connectivity index (χ1n) is 4.93. The van der Waals surface area contributed by atoms with Gasteiger partial charge in [0.05, 0.1) is 12.6 Å². The minimum Gasteiger partial charge on any atom is -0.496 e. The predicted octanol–water partition coefficient (Wildman–Crippen LogP) is 1.30. The highest BCUT2D eigenvalue weighted by Gasteiger charge is 2.11. The molecule has 0 aliphatic carbocycles. The second-order valence-corrected chi connectivity index (χ2v) is 3.41. The standard InChI is InChI=1S/C11H11N3O3/c1-6(15)12-11-13-7-4-3-5-8(17-2)9(7)10(16)14-11/h3-5H,1-2H3,(H2,12,13,14,15,16). The van der Waals surface area contributed by atoms with Crippen molar-refractivity contribution in [1.29, 1.82) is 0 Å². The van der Waals surface area contributed by atoms with Gasteiger partial charge in [0.25, 0.3) is 0 Å². The average molecular weight is 233 g/mol. The van der Waals surface area contributed by atoms with Crippen molar-refractivity contribution >= 4 is 22.8 Å². The molecule has 1 amide bonds. The second kappa shape index (κ2) is 4.25. The summed E-state index contributed by atoms with van der Waals surface area (Å²) in [6.07, 6.45) is 0. The fourth-order valence-corrected chi connectivity index (χ4v) is 1.52. The molecule has 6 heteroatoms. The van der Waals surface area contributed by atoms with E-state index in [0.29, 0.717) is 16.7 Å². The molecule has 0 radical (unpaired) electrons. The number of hydrogen-bond donors (Lipinski definition) is 2. The molecule has 0 saturated carbocycles. The van der Waals surface area contributed by atoms with E-state index in [2.05, 4.69) is 15.3 Å². The molecule has 1 aromatic carbocycles. The van der Waals surface area contributed by atoms with Crippen LogP contribution in [0.15, 0.2) is 18.2 Å². The van der Waals surface area contributed by atoms with Crippen molar-refractivity contribution < 1.29 is 14.6 Å². The fraction of sp³-hybridized carbons (Fsp3) is 0.182. The zero-order valence-corrected chi connectivity index (χ0v) is 9.39. The van der Waals surface area contributed by atoms with E-state index in [1.54, 1.807) is 18.2 Å². The summed E-state index contributed by atoms with van der Waals surface area (Å²) in [7, 11) is 1.50. The van der Waals surface area contributed by atoms with Crippen molar-refractivity contribution in [3.63, 3.8) is 0 Å². The first-order valence-corrected chi connectivity index (χ1v) is 4.93. The van der Waals surface area contributed by atoms with E-state index < -0.39 is 0 Å². The van der Waals surface area contributed by atoms with Crippen molar-refractivity contribution in [2.24, 2.45) is 0 Å². The Bertz CT molecular complexity index is 583. The SMILES string of the molecule is COc1cccc2nc(NC(C)=O)nc(O)c12. The molecule has 0 aliphatic rings. The molecule has 0 atom stereocenters. The zero-order chi connectivity index (χ0) is 12.4. The van der Waals surface area contributed by atoms with Crippen molar-refractivity contribution in [2.75, 3.05) is 12.4 Å². The van der Waals surface area contributed by atoms with Gasteiger partial charge in [0.1, 0.15) is 11.1 Å². The first kappa shape index (κ1) is 11.1. The van der Waals surface area contributed by atoms with Gasteiger partial charge in [-0.2, -0.15) is 4.98 Å². The molecule has 1 aromatic heterocycles. The lowest BCUT2D eigenvalue weighted by atomic mass is 10.2. The second-order valence-electron chi connectivity index (χ2n) is 3.41. The summed E-state index contributed by atoms with van der Waals surface area (Å²) in [6.45, 7) is 1.34. The van der Waals surface area contributed by atoms with E-state index in [-0.39, 0.29) is 17.7 Å². The van der Waals surface area contributed by atoms with Gasteiger partial charge in [-0.3, -0.25) is 10.1 Å². The molecule has 1 heterocycles. The Kier molecular flexibility index (Phi) is 2.78. The lowest BCUT2D eigenvalue weighted by Crippen LogP contribution is -2.09. The number of aromatic hydroxyl groups is 1. The molecule has 2 N–H and O–H groups in total. The summed E-state index contributed by atoms with van der Waals surface area (Å²) in [5.41, 5.74) is 0.501. The molecule has 0 fully saturated rings. The maximum absolute atomic E-state index is 10.9. The highest BCUT2D eigenvalue weighted by atomic mass is 16.5. The Balaban J connectivity index is 2.63. The number of ether oxygens (including phenoxy) is 1. The van der Waals surface area contributed by atoms with E-state index in [1.807, 2.05) is 0 Å². The van der Waals surface area contributed by atoms with E-state index in [0.717, 1.165) is 0 Å². The number of nitrogens with zero attached hydrogens (tertiary/aromatic N) is 2. The number of carbonyl (C=O) groups excluding carboxylic acids is 1. The lowest BCUT2D eigenvalue weighted by molar-refractivity contribution is -0.114. The Hall–Kier alpha value is -2.37. The molecule has 2 aromatic rings. The van der Waals surface area contributed by atoms with Crippen molar-refractivity contribution in [3.8, 4) is 11.6 Å². The summed E-state index contributed by atoms with van der Waals surface area (Å²) in [5, 5.41) is 12.6. The maximum atomic E-state index is 10.9. The Labute approximate surface area is 97.3 Å². The number of benzene rings is 1. The minimum absolute atomic E-state index is 0.0655. The molecule has 0 bridgehead atoms. The van der Waals surface area contributed by atoms with Crippen LogP contribution in [0.4, 0.5) is 5.95 Å². The van der Waals surface area contributed by atoms with Gasteiger partial charge < -0.3 is 9.84 Å². The number of aromatic nitrogens is 2. The normalized spacial score (nSPS) is 10.2. The number of rotatable bonds is 2. The number of amides is 1. The van der Waals surface area contributed by atoms with Crippen LogP contribution in [0.2, 0.25) is 0 Å². The van der Waals surface area contributed by atoms with Crippen LogP contribution in [0.25, 0.3) is 10.9 Å². The van der Waals surface area contributed by atoms with Gasteiger partial charge in [0.2, 0.25) is 17.7 Å². The summed E-state index contributed by atoms with van der Waals surface area (Å²) < 4.78 is 5.10. The molecule has 17 heavy (non-hydrogen) atoms. The van der Waals surface area contributed by atoms with Gasteiger partial charge in [-0.1, -0.05) is 6.07 Å². The van der Waals surface area contributed by atoms with E-state index in [4.69, 9.17) is 4.74 Å². The topological polar surface area (TPSA) is 84.3 Å². The number of carbonyl (C=O) groups is 1. The van der Waals surface area contributed by atoms with E-state index in [1.165, 1.54) is 14.0 Å². The van der Waals surface area contributed by atoms with Gasteiger partial charge in [-0.15, -0.1) is 0 Å². The van der Waals surface area contributed by atoms with Crippen LogP contribution in [0.5, 0.6) is 11.6 Å². The summed E-state index contributed by atoms with van der Waals surface area (Å²) in [4.78, 5) is 18.8. The van der Waals surface area contributed by atoms with Crippen LogP contribution < -0.4 is 10.1 Å². The Morgan fingerprint density at radius 3 is 2.82 bits per heavy atom. The van der Waals surface area contributed by atoms with Gasteiger partial charge in [0, 0.05) is 6.92 Å². The van der Waals surface area contributed by atoms with Gasteiger partial charge >= 0.3 is 0 Å². The third-order valence-corrected chi connectivity index (χ3v) is 2.17. The van der Waals surface area contributed by atoms with Crippen LogP contribution in [0.3, 0.4) is 0 Å². The molecular formula is C11H11N3O3. The summed E-state index contributed by atoms with van der Waals surface area (Å²) in [6, 6.07) is 5.14.